The van der Waals surface area contributed by atoms with Crippen LogP contribution in [-0.4, -0.2) is 122 Å². The van der Waals surface area contributed by atoms with Gasteiger partial charge in [0.25, 0.3) is 40.5 Å². The van der Waals surface area contributed by atoms with Gasteiger partial charge in [-0.3, -0.25) is 60.7 Å². The fraction of sp³-hybridized carbons (Fsp3) is 1.00. The Morgan fingerprint density at radius 1 is 0.311 bits per heavy atom. The Bertz CT molecular complexity index is 1890. The van der Waals surface area contributed by atoms with Gasteiger partial charge in [-0.05, 0) is 74.0 Å². The summed E-state index contributed by atoms with van der Waals surface area (Å²) in [6.45, 7) is 0. The fourth-order valence-corrected chi connectivity index (χ4v) is 20.7. The Morgan fingerprint density at radius 2 is 0.475 bits per heavy atom. The minimum absolute atomic E-state index is 0. The Labute approximate surface area is 466 Å². The smallest absolute Gasteiger partial charge is 1.00 e. The van der Waals surface area contributed by atoms with Gasteiger partial charge in [-0.2, -0.15) is 33.7 Å². The molecular weight excluding hydrogens is 1010 g/mol. The van der Waals surface area contributed by atoms with E-state index in [9.17, 15) is 51.9 Å². The molecule has 4 saturated carbocycles. The SMILES string of the molecule is O=S(=O)(O)C1C2C3NC4NC(NC5NC(NC6NC(NC(N3)C2C(S(=O)(=O)O)C(S(=O)(=O)O)C1S(=O)(=O)O)C1CCCCC61)C1CCCCC51)C1CCCCC41.[H-].[H-].[H-].[H-].[Na+].[Na+].[Na+].[Na+].[Rh]. The molecule has 4 aliphatic carbocycles. The molecule has 20 nitrogen and oxygen atoms in total. The number of hydrogen-bond donors (Lipinski definition) is 12. The third kappa shape index (κ3) is 11.1. The molecule has 61 heavy (non-hydrogen) atoms. The van der Waals surface area contributed by atoms with Gasteiger partial charge in [-0.25, -0.2) is 0 Å². The van der Waals surface area contributed by atoms with Crippen LogP contribution in [0.3, 0.4) is 0 Å². The average Bonchev–Trinajstić information content (AvgIpc) is 3.84. The second-order valence-electron chi connectivity index (χ2n) is 18.1. The van der Waals surface area contributed by atoms with E-state index in [1.54, 1.807) is 0 Å². The minimum Gasteiger partial charge on any atom is -1.00 e. The molecule has 1 radical (unpaired) electrons. The molecule has 12 N–H and O–H groups in total. The van der Waals surface area contributed by atoms with E-state index >= 15 is 0 Å². The Hall–Kier alpha value is 3.94. The number of nitrogens with one attached hydrogen (secondary N) is 8. The molecule has 20 unspecified atom stereocenters. The van der Waals surface area contributed by atoms with Crippen molar-refractivity contribution in [3.8, 4) is 0 Å². The standard InChI is InChI=1S/C32H56N8O12S4.4Na.Rh.4H/c41-53(42,43)21-19-20(22(54(44,45)46)24(56(50,51)52)23(21)55(47,48)49)32-39-30-18-12-6-4-10-16(18)28(37-30)35-26-14-8-2-1-7-13(14)25(33-26)34-27-15-9-3-5-11-17(15)29(36-27)38-31(19)40-32;;;;;;;;;/h13-40H,1-12H2,(H,41,42,43)(H,44,45,46)(H,47,48,49)(H,50,51,52);;;;;;;;;/q;4*+1;;4*-1. The molecule has 29 heteroatoms. The van der Waals surface area contributed by atoms with E-state index in [2.05, 4.69) is 42.5 Å². The summed E-state index contributed by atoms with van der Waals surface area (Å²) in [6, 6.07) is 0. The first-order valence-electron chi connectivity index (χ1n) is 20.2. The van der Waals surface area contributed by atoms with Gasteiger partial charge in [0, 0.05) is 31.3 Å². The van der Waals surface area contributed by atoms with Crippen LogP contribution in [0.1, 0.15) is 82.8 Å². The van der Waals surface area contributed by atoms with Gasteiger partial charge in [0.2, 0.25) is 0 Å². The van der Waals surface area contributed by atoms with E-state index in [-0.39, 0.29) is 192 Å². The summed E-state index contributed by atoms with van der Waals surface area (Å²) in [5, 5.41) is 17.7. The third-order valence-corrected chi connectivity index (χ3v) is 21.0. The molecule has 9 aliphatic rings. The van der Waals surface area contributed by atoms with Crippen LogP contribution in [0.2, 0.25) is 0 Å². The van der Waals surface area contributed by atoms with E-state index < -0.39 is 98.0 Å². The van der Waals surface area contributed by atoms with E-state index in [0.717, 1.165) is 77.0 Å². The van der Waals surface area contributed by atoms with Crippen LogP contribution in [0, 0.1) is 47.3 Å². The van der Waals surface area contributed by atoms with Crippen LogP contribution >= 0.6 is 0 Å². The van der Waals surface area contributed by atoms with Crippen LogP contribution in [0.5, 0.6) is 0 Å². The average molecular weight is 1070 g/mol. The van der Waals surface area contributed by atoms with Gasteiger partial charge < -0.3 is 5.71 Å². The van der Waals surface area contributed by atoms with E-state index in [4.69, 9.17) is 0 Å². The molecule has 0 aromatic heterocycles. The van der Waals surface area contributed by atoms with Crippen molar-refractivity contribution in [2.24, 2.45) is 47.3 Å². The first kappa shape index (κ1) is 57.5. The molecule has 0 aromatic rings. The zero-order valence-electron chi connectivity index (χ0n) is 39.1. The topological polar surface area (TPSA) is 314 Å². The quantitative estimate of drug-likeness (QED) is 0.0919. The van der Waals surface area contributed by atoms with Gasteiger partial charge in [0.15, 0.2) is 0 Å². The second-order valence-corrected chi connectivity index (χ2v) is 24.4. The monoisotopic (exact) mass is 1070 g/mol. The van der Waals surface area contributed by atoms with Crippen molar-refractivity contribution in [1.82, 2.24) is 42.5 Å². The summed E-state index contributed by atoms with van der Waals surface area (Å²) in [5.41, 5.74) is 0. The molecule has 9 fully saturated rings. The van der Waals surface area contributed by atoms with Crippen molar-refractivity contribution >= 4 is 40.5 Å². The molecule has 0 spiro atoms. The molecule has 8 bridgehead atoms. The van der Waals surface area contributed by atoms with Crippen LogP contribution in [0.15, 0.2) is 0 Å². The van der Waals surface area contributed by atoms with Crippen molar-refractivity contribution < 1.29 is 195 Å². The molecule has 0 amide bonds. The molecule has 5 saturated heterocycles. The Kier molecular flexibility index (Phi) is 20.5. The van der Waals surface area contributed by atoms with Crippen LogP contribution in [-0.2, 0) is 60.0 Å². The Balaban J connectivity index is 0.00000455. The summed E-state index contributed by atoms with van der Waals surface area (Å²) in [5.74, 6) is -2.57. The summed E-state index contributed by atoms with van der Waals surface area (Å²) < 4.78 is 149. The van der Waals surface area contributed by atoms with E-state index in [1.165, 1.54) is 0 Å². The minimum atomic E-state index is -5.87. The maximum absolute atomic E-state index is 13.4. The number of hydrogen-bond acceptors (Lipinski definition) is 16. The zero-order chi connectivity index (χ0) is 39.7. The van der Waals surface area contributed by atoms with Crippen molar-refractivity contribution in [2.45, 2.75) is 147 Å². The van der Waals surface area contributed by atoms with E-state index in [0.29, 0.717) is 11.8 Å². The predicted octanol–water partition coefficient (Wildman–Crippen LogP) is -13.5. The zero-order valence-corrected chi connectivity index (χ0v) is 48.0. The van der Waals surface area contributed by atoms with Crippen LogP contribution in [0.4, 0.5) is 0 Å². The van der Waals surface area contributed by atoms with Gasteiger partial charge in [-0.1, -0.05) is 38.5 Å². The van der Waals surface area contributed by atoms with Gasteiger partial charge in [-0.15, -0.1) is 0 Å². The summed E-state index contributed by atoms with van der Waals surface area (Å²) >= 11 is 0. The third-order valence-electron chi connectivity index (χ3n) is 15.4. The molecule has 5 heterocycles. The number of rotatable bonds is 4. The number of fused-ring (bicyclic) bond motifs is 20. The van der Waals surface area contributed by atoms with Crippen molar-refractivity contribution in [3.05, 3.63) is 0 Å². The first-order valence-corrected chi connectivity index (χ1v) is 26.3. The molecular formula is C32H60N8Na4O12RhS4. The Morgan fingerprint density at radius 3 is 0.656 bits per heavy atom. The largest absolute Gasteiger partial charge is 1.00 e. The maximum atomic E-state index is 13.4. The van der Waals surface area contributed by atoms with Gasteiger partial charge in [0.05, 0.1) is 49.3 Å². The molecule has 0 aromatic carbocycles. The van der Waals surface area contributed by atoms with Crippen molar-refractivity contribution in [2.75, 3.05) is 0 Å². The fourth-order valence-electron chi connectivity index (χ4n) is 13.4. The maximum Gasteiger partial charge on any atom is 1.00 e. The van der Waals surface area contributed by atoms with Gasteiger partial charge >= 0.3 is 118 Å². The van der Waals surface area contributed by atoms with E-state index in [1.807, 2.05) is 0 Å². The summed E-state index contributed by atoms with van der Waals surface area (Å²) in [6.07, 6.45) is 7.44. The summed E-state index contributed by atoms with van der Waals surface area (Å²) in [4.78, 5) is 0. The predicted molar refractivity (Wildman–Crippen MR) is 205 cm³/mol. The van der Waals surface area contributed by atoms with Crippen LogP contribution in [0.25, 0.3) is 0 Å². The molecule has 5 aliphatic heterocycles. The second kappa shape index (κ2) is 21.7. The van der Waals surface area contributed by atoms with Crippen LogP contribution < -0.4 is 161 Å². The van der Waals surface area contributed by atoms with Crippen molar-refractivity contribution in [3.63, 3.8) is 0 Å². The van der Waals surface area contributed by atoms with Crippen molar-refractivity contribution in [1.29, 1.82) is 0 Å². The molecule has 337 valence electrons. The molecule has 20 atom stereocenters. The normalized spacial score (nSPS) is 46.9. The first-order chi connectivity index (χ1) is 26.3. The summed E-state index contributed by atoms with van der Waals surface area (Å²) in [7, 11) is -23.0. The van der Waals surface area contributed by atoms with Gasteiger partial charge in [0.1, 0.15) is 21.0 Å². The molecule has 9 rings (SSSR count).